The van der Waals surface area contributed by atoms with E-state index in [4.69, 9.17) is 4.74 Å². The fraction of sp³-hybridized carbons (Fsp3) is 0.143. The lowest BCUT2D eigenvalue weighted by Gasteiger charge is -2.08. The number of carbonyl (C=O) groups is 2. The lowest BCUT2D eigenvalue weighted by Crippen LogP contribution is -2.19. The summed E-state index contributed by atoms with van der Waals surface area (Å²) in [6.07, 6.45) is -0.118. The Morgan fingerprint density at radius 2 is 2.27 bits per heavy atom. The monoisotopic (exact) mass is 168 g/mol. The predicted molar refractivity (Wildman–Crippen MR) is 38.9 cm³/mol. The summed E-state index contributed by atoms with van der Waals surface area (Å²) in [5, 5.41) is 1.74. The van der Waals surface area contributed by atoms with Crippen molar-refractivity contribution in [3.8, 4) is 5.75 Å². The zero-order valence-corrected chi connectivity index (χ0v) is 6.31. The first-order chi connectivity index (χ1) is 5.27. The average molecular weight is 168 g/mol. The van der Waals surface area contributed by atoms with Gasteiger partial charge in [0.2, 0.25) is 0 Å². The van der Waals surface area contributed by atoms with Crippen molar-refractivity contribution in [2.24, 2.45) is 0 Å². The molecule has 56 valence electrons. The Hall–Kier alpha value is -1.16. The van der Waals surface area contributed by atoms with Crippen LogP contribution in [0.4, 0.5) is 0 Å². The number of thiophene rings is 1. The molecule has 4 heteroatoms. The first-order valence-electron chi connectivity index (χ1n) is 3.09. The van der Waals surface area contributed by atoms with Gasteiger partial charge in [-0.25, -0.2) is 0 Å². The average Bonchev–Trinajstić information content (AvgIpc) is 2.34. The molecule has 0 aromatic carbocycles. The first kappa shape index (κ1) is 6.54. The van der Waals surface area contributed by atoms with E-state index in [2.05, 4.69) is 0 Å². The molecule has 0 saturated heterocycles. The van der Waals surface area contributed by atoms with Gasteiger partial charge in [-0.2, -0.15) is 0 Å². The van der Waals surface area contributed by atoms with Crippen LogP contribution in [-0.4, -0.2) is 11.8 Å². The van der Waals surface area contributed by atoms with Crippen molar-refractivity contribution in [2.45, 2.75) is 6.42 Å². The van der Waals surface area contributed by atoms with Crippen LogP contribution in [0.2, 0.25) is 0 Å². The van der Waals surface area contributed by atoms with E-state index in [0.717, 1.165) is 0 Å². The molecule has 0 amide bonds. The normalized spacial score (nSPS) is 16.0. The third kappa shape index (κ3) is 0.952. The number of hydrogen-bond acceptors (Lipinski definition) is 4. The molecule has 0 unspecified atom stereocenters. The zero-order valence-electron chi connectivity index (χ0n) is 5.49. The summed E-state index contributed by atoms with van der Waals surface area (Å²) in [5.74, 6) is -0.177. The van der Waals surface area contributed by atoms with Crippen LogP contribution < -0.4 is 4.74 Å². The molecule has 1 aliphatic rings. The van der Waals surface area contributed by atoms with E-state index in [1.807, 2.05) is 0 Å². The highest BCUT2D eigenvalue weighted by atomic mass is 32.1. The van der Waals surface area contributed by atoms with Crippen LogP contribution in [0.25, 0.3) is 0 Å². The van der Waals surface area contributed by atoms with E-state index in [0.29, 0.717) is 10.6 Å². The zero-order chi connectivity index (χ0) is 7.84. The summed E-state index contributed by atoms with van der Waals surface area (Å²) in [6, 6.07) is 1.63. The van der Waals surface area contributed by atoms with Crippen LogP contribution in [0.3, 0.4) is 0 Å². The fourth-order valence-electron chi connectivity index (χ4n) is 0.951. The standard InChI is InChI=1S/C7H4O3S/c8-4-3-6(9)10-5-1-2-11-7(4)5/h1-2H,3H2. The van der Waals surface area contributed by atoms with Gasteiger partial charge in [0, 0.05) is 0 Å². The van der Waals surface area contributed by atoms with Gasteiger partial charge >= 0.3 is 5.97 Å². The molecule has 0 saturated carbocycles. The van der Waals surface area contributed by atoms with Gasteiger partial charge < -0.3 is 4.74 Å². The van der Waals surface area contributed by atoms with Gasteiger partial charge in [-0.1, -0.05) is 0 Å². The van der Waals surface area contributed by atoms with Crippen LogP contribution in [0.1, 0.15) is 16.1 Å². The van der Waals surface area contributed by atoms with E-state index in [1.54, 1.807) is 11.4 Å². The third-order valence-corrected chi connectivity index (χ3v) is 2.35. The molecular weight excluding hydrogens is 164 g/mol. The molecule has 0 spiro atoms. The van der Waals surface area contributed by atoms with Gasteiger partial charge in [0.1, 0.15) is 11.3 Å². The van der Waals surface area contributed by atoms with Crippen molar-refractivity contribution in [3.63, 3.8) is 0 Å². The molecule has 1 aliphatic heterocycles. The highest BCUT2D eigenvalue weighted by Crippen LogP contribution is 2.29. The lowest BCUT2D eigenvalue weighted by atomic mass is 10.2. The Morgan fingerprint density at radius 1 is 1.45 bits per heavy atom. The molecule has 1 aromatic heterocycles. The molecule has 0 atom stereocenters. The number of fused-ring (bicyclic) bond motifs is 1. The van der Waals surface area contributed by atoms with E-state index in [1.165, 1.54) is 11.3 Å². The second-order valence-corrected chi connectivity index (χ2v) is 3.10. The molecule has 11 heavy (non-hydrogen) atoms. The smallest absolute Gasteiger partial charge is 0.319 e. The van der Waals surface area contributed by atoms with Gasteiger partial charge in [0.05, 0.1) is 0 Å². The quantitative estimate of drug-likeness (QED) is 0.432. The lowest BCUT2D eigenvalue weighted by molar-refractivity contribution is -0.133. The maximum absolute atomic E-state index is 11.1. The number of carbonyl (C=O) groups excluding carboxylic acids is 2. The minimum atomic E-state index is -0.457. The molecule has 3 nitrogen and oxygen atoms in total. The fourth-order valence-corrected chi connectivity index (χ4v) is 1.71. The summed E-state index contributed by atoms with van der Waals surface area (Å²) in [6.45, 7) is 0. The molecule has 1 aromatic rings. The summed E-state index contributed by atoms with van der Waals surface area (Å²) in [4.78, 5) is 22.3. The van der Waals surface area contributed by atoms with Crippen LogP contribution in [0, 0.1) is 0 Å². The third-order valence-electron chi connectivity index (χ3n) is 1.41. The molecule has 0 aliphatic carbocycles. The van der Waals surface area contributed by atoms with Crippen LogP contribution >= 0.6 is 11.3 Å². The Bertz CT molecular complexity index is 326. The van der Waals surface area contributed by atoms with E-state index >= 15 is 0 Å². The maximum Gasteiger partial charge on any atom is 0.319 e. The molecule has 0 fully saturated rings. The molecule has 2 rings (SSSR count). The number of Topliss-reactive ketones (excluding diaryl/α,β-unsaturated/α-hetero) is 1. The summed E-state index contributed by atoms with van der Waals surface area (Å²) in [5.41, 5.74) is 0. The van der Waals surface area contributed by atoms with Crippen molar-refractivity contribution in [3.05, 3.63) is 16.3 Å². The van der Waals surface area contributed by atoms with Crippen molar-refractivity contribution in [1.29, 1.82) is 0 Å². The molecule has 0 N–H and O–H groups in total. The summed E-state index contributed by atoms with van der Waals surface area (Å²) in [7, 11) is 0. The molecular formula is C7H4O3S. The van der Waals surface area contributed by atoms with Gasteiger partial charge in [-0.15, -0.1) is 11.3 Å². The highest BCUT2D eigenvalue weighted by molar-refractivity contribution is 7.12. The van der Waals surface area contributed by atoms with Crippen molar-refractivity contribution in [1.82, 2.24) is 0 Å². The Labute approximate surface area is 66.6 Å². The number of rotatable bonds is 0. The Morgan fingerprint density at radius 3 is 3.09 bits per heavy atom. The highest BCUT2D eigenvalue weighted by Gasteiger charge is 2.25. The summed E-state index contributed by atoms with van der Waals surface area (Å²) < 4.78 is 4.79. The summed E-state index contributed by atoms with van der Waals surface area (Å²) >= 11 is 1.31. The molecule has 2 heterocycles. The first-order valence-corrected chi connectivity index (χ1v) is 3.97. The van der Waals surface area contributed by atoms with Crippen molar-refractivity contribution < 1.29 is 14.3 Å². The number of esters is 1. The van der Waals surface area contributed by atoms with Crippen LogP contribution in [0.5, 0.6) is 5.75 Å². The van der Waals surface area contributed by atoms with Crippen LogP contribution in [0.15, 0.2) is 11.4 Å². The number of hydrogen-bond donors (Lipinski definition) is 0. The Balaban J connectivity index is 2.52. The minimum Gasteiger partial charge on any atom is -0.425 e. The Kier molecular flexibility index (Phi) is 1.29. The largest absolute Gasteiger partial charge is 0.425 e. The van der Waals surface area contributed by atoms with Gasteiger partial charge in [-0.05, 0) is 11.4 Å². The van der Waals surface area contributed by atoms with E-state index in [9.17, 15) is 9.59 Å². The van der Waals surface area contributed by atoms with Crippen molar-refractivity contribution in [2.75, 3.05) is 0 Å². The topological polar surface area (TPSA) is 43.4 Å². The van der Waals surface area contributed by atoms with Crippen LogP contribution in [-0.2, 0) is 4.79 Å². The predicted octanol–water partition coefficient (Wildman–Crippen LogP) is 1.24. The molecule has 0 bridgehead atoms. The number of ketones is 1. The maximum atomic E-state index is 11.1. The van der Waals surface area contributed by atoms with Gasteiger partial charge in [-0.3, -0.25) is 9.59 Å². The van der Waals surface area contributed by atoms with E-state index in [-0.39, 0.29) is 12.2 Å². The SMILES string of the molecule is O=C1CC(=O)c2sccc2O1. The minimum absolute atomic E-state index is 0.118. The van der Waals surface area contributed by atoms with Gasteiger partial charge in [0.15, 0.2) is 11.5 Å². The van der Waals surface area contributed by atoms with Crippen molar-refractivity contribution >= 4 is 23.1 Å². The van der Waals surface area contributed by atoms with E-state index < -0.39 is 5.97 Å². The second kappa shape index (κ2) is 2.17. The molecule has 0 radical (unpaired) electrons. The second-order valence-electron chi connectivity index (χ2n) is 2.19. The number of ether oxygens (including phenoxy) is 1. The van der Waals surface area contributed by atoms with Gasteiger partial charge in [0.25, 0.3) is 0 Å².